The number of carbonyl (C=O) groups is 1. The van der Waals surface area contributed by atoms with Gasteiger partial charge in [0, 0.05) is 37.6 Å². The number of hydrogen-bond acceptors (Lipinski definition) is 7. The Hall–Kier alpha value is -3.80. The standard InChI is InChI=1S/C21H21F3N6O3/c1-25-18-16(20(32)27-12-2-4-14(5-3-12)33-21(22,23)24)10-15(17-6-8-26-29-17)19(28-18)30-9-7-13(31)11-30/h2-6,8,10,13,31H,7,9,11H2,1H3,(H,25,28)(H,26,29)(H,27,32). The number of pyridine rings is 1. The molecule has 1 amide bonds. The van der Waals surface area contributed by atoms with Crippen molar-refractivity contribution in [3.05, 3.63) is 48.2 Å². The molecule has 12 heteroatoms. The molecule has 0 bridgehead atoms. The van der Waals surface area contributed by atoms with Crippen molar-refractivity contribution in [2.75, 3.05) is 35.7 Å². The van der Waals surface area contributed by atoms with Crippen LogP contribution in [0.3, 0.4) is 0 Å². The number of nitrogens with one attached hydrogen (secondary N) is 3. The number of H-pyrrole nitrogens is 1. The van der Waals surface area contributed by atoms with Crippen molar-refractivity contribution in [2.24, 2.45) is 0 Å². The number of hydrogen-bond donors (Lipinski definition) is 4. The van der Waals surface area contributed by atoms with E-state index in [-0.39, 0.29) is 11.3 Å². The van der Waals surface area contributed by atoms with Gasteiger partial charge in [0.2, 0.25) is 0 Å². The van der Waals surface area contributed by atoms with E-state index in [1.54, 1.807) is 25.4 Å². The maximum absolute atomic E-state index is 13.0. The first-order valence-corrected chi connectivity index (χ1v) is 10.1. The van der Waals surface area contributed by atoms with E-state index in [9.17, 15) is 23.1 Å². The molecule has 1 aromatic carbocycles. The monoisotopic (exact) mass is 462 g/mol. The summed E-state index contributed by atoms with van der Waals surface area (Å²) in [5, 5.41) is 22.4. The molecule has 1 atom stereocenters. The van der Waals surface area contributed by atoms with Crippen LogP contribution >= 0.6 is 0 Å². The van der Waals surface area contributed by atoms with Gasteiger partial charge in [-0.15, -0.1) is 13.2 Å². The number of benzene rings is 1. The molecule has 1 fully saturated rings. The molecule has 2 aromatic heterocycles. The third kappa shape index (κ3) is 5.17. The highest BCUT2D eigenvalue weighted by Gasteiger charge is 2.31. The van der Waals surface area contributed by atoms with Crippen molar-refractivity contribution < 1.29 is 27.8 Å². The molecule has 3 heterocycles. The molecular weight excluding hydrogens is 441 g/mol. The molecule has 0 spiro atoms. The van der Waals surface area contributed by atoms with Gasteiger partial charge in [-0.25, -0.2) is 4.98 Å². The minimum Gasteiger partial charge on any atom is -0.406 e. The van der Waals surface area contributed by atoms with Gasteiger partial charge in [0.05, 0.1) is 17.4 Å². The first-order chi connectivity index (χ1) is 15.7. The summed E-state index contributed by atoms with van der Waals surface area (Å²) in [6.07, 6.45) is -3.08. The summed E-state index contributed by atoms with van der Waals surface area (Å²) >= 11 is 0. The van der Waals surface area contributed by atoms with E-state index in [0.717, 1.165) is 12.1 Å². The van der Waals surface area contributed by atoms with Crippen LogP contribution < -0.4 is 20.3 Å². The maximum atomic E-state index is 13.0. The number of amides is 1. The van der Waals surface area contributed by atoms with Crippen LogP contribution in [0.4, 0.5) is 30.5 Å². The van der Waals surface area contributed by atoms with Crippen molar-refractivity contribution in [1.29, 1.82) is 0 Å². The largest absolute Gasteiger partial charge is 0.573 e. The van der Waals surface area contributed by atoms with Crippen molar-refractivity contribution in [3.63, 3.8) is 0 Å². The SMILES string of the molecule is CNc1nc(N2CCC(O)C2)c(-c2ccn[nH]2)cc1C(=O)Nc1ccc(OC(F)(F)F)cc1. The zero-order valence-corrected chi connectivity index (χ0v) is 17.5. The number of halogens is 3. The predicted octanol–water partition coefficient (Wildman–Crippen LogP) is 3.24. The first kappa shape index (κ1) is 22.4. The summed E-state index contributed by atoms with van der Waals surface area (Å²) in [5.41, 5.74) is 1.77. The Bertz CT molecular complexity index is 1120. The third-order valence-electron chi connectivity index (χ3n) is 5.08. The Labute approximate surface area is 186 Å². The average Bonchev–Trinajstić information content (AvgIpc) is 3.45. The molecule has 3 aromatic rings. The molecule has 4 N–H and O–H groups in total. The van der Waals surface area contributed by atoms with Crippen molar-refractivity contribution >= 4 is 23.2 Å². The number of carbonyl (C=O) groups excluding carboxylic acids is 1. The second kappa shape index (κ2) is 8.98. The summed E-state index contributed by atoms with van der Waals surface area (Å²) in [6.45, 7) is 1.02. The zero-order valence-electron chi connectivity index (χ0n) is 17.5. The number of ether oxygens (including phenoxy) is 1. The average molecular weight is 462 g/mol. The number of aliphatic hydroxyl groups excluding tert-OH is 1. The Morgan fingerprint density at radius 3 is 2.61 bits per heavy atom. The summed E-state index contributed by atoms with van der Waals surface area (Å²) < 4.78 is 40.9. The van der Waals surface area contributed by atoms with E-state index in [2.05, 4.69) is 30.6 Å². The lowest BCUT2D eigenvalue weighted by atomic mass is 10.1. The van der Waals surface area contributed by atoms with Gasteiger partial charge in [-0.1, -0.05) is 0 Å². The van der Waals surface area contributed by atoms with Crippen LogP contribution in [0, 0.1) is 0 Å². The van der Waals surface area contributed by atoms with Crippen LogP contribution in [0.15, 0.2) is 42.6 Å². The molecule has 0 aliphatic carbocycles. The number of aromatic amines is 1. The van der Waals surface area contributed by atoms with E-state index >= 15 is 0 Å². The molecule has 0 radical (unpaired) electrons. The van der Waals surface area contributed by atoms with Crippen molar-refractivity contribution in [3.8, 4) is 17.0 Å². The Balaban J connectivity index is 1.64. The summed E-state index contributed by atoms with van der Waals surface area (Å²) in [5.74, 6) is -0.00333. The fourth-order valence-corrected chi connectivity index (χ4v) is 3.58. The number of anilines is 3. The van der Waals surface area contributed by atoms with Gasteiger partial charge in [-0.05, 0) is 42.8 Å². The normalized spacial score (nSPS) is 16.0. The van der Waals surface area contributed by atoms with Crippen LogP contribution in [0.5, 0.6) is 5.75 Å². The van der Waals surface area contributed by atoms with E-state index in [1.807, 2.05) is 4.90 Å². The van der Waals surface area contributed by atoms with Gasteiger partial charge >= 0.3 is 6.36 Å². The van der Waals surface area contributed by atoms with Crippen LogP contribution in [0.2, 0.25) is 0 Å². The molecular formula is C21H21F3N6O3. The number of alkyl halides is 3. The highest BCUT2D eigenvalue weighted by molar-refractivity contribution is 6.08. The smallest absolute Gasteiger partial charge is 0.406 e. The Kier molecular flexibility index (Phi) is 6.09. The van der Waals surface area contributed by atoms with Gasteiger partial charge < -0.3 is 25.4 Å². The number of rotatable bonds is 6. The van der Waals surface area contributed by atoms with Gasteiger partial charge in [0.1, 0.15) is 17.4 Å². The molecule has 9 nitrogen and oxygen atoms in total. The zero-order chi connectivity index (χ0) is 23.6. The maximum Gasteiger partial charge on any atom is 0.573 e. The van der Waals surface area contributed by atoms with Gasteiger partial charge in [-0.3, -0.25) is 9.89 Å². The van der Waals surface area contributed by atoms with E-state index < -0.39 is 24.1 Å². The van der Waals surface area contributed by atoms with E-state index in [0.29, 0.717) is 42.4 Å². The van der Waals surface area contributed by atoms with E-state index in [1.165, 1.54) is 12.1 Å². The molecule has 174 valence electrons. The highest BCUT2D eigenvalue weighted by Crippen LogP contribution is 2.34. The van der Waals surface area contributed by atoms with Crippen LogP contribution in [-0.2, 0) is 0 Å². The number of β-amino-alcohol motifs (C(OH)–C–C–N with tert-alkyl or cyclic N) is 1. The Morgan fingerprint density at radius 2 is 2.03 bits per heavy atom. The van der Waals surface area contributed by atoms with Crippen molar-refractivity contribution in [2.45, 2.75) is 18.9 Å². The minimum atomic E-state index is -4.80. The topological polar surface area (TPSA) is 115 Å². The fraction of sp³-hybridized carbons (Fsp3) is 0.286. The molecule has 4 rings (SSSR count). The lowest BCUT2D eigenvalue weighted by Crippen LogP contribution is -2.24. The molecule has 0 saturated carbocycles. The van der Waals surface area contributed by atoms with Crippen LogP contribution in [-0.4, -0.2) is 58.8 Å². The summed E-state index contributed by atoms with van der Waals surface area (Å²) in [4.78, 5) is 19.6. The number of aromatic nitrogens is 3. The fourth-order valence-electron chi connectivity index (χ4n) is 3.58. The molecule has 33 heavy (non-hydrogen) atoms. The first-order valence-electron chi connectivity index (χ1n) is 10.1. The van der Waals surface area contributed by atoms with Gasteiger partial charge in [0.15, 0.2) is 0 Å². The van der Waals surface area contributed by atoms with Crippen LogP contribution in [0.25, 0.3) is 11.3 Å². The lowest BCUT2D eigenvalue weighted by Gasteiger charge is -2.22. The quantitative estimate of drug-likeness (QED) is 0.445. The molecule has 1 unspecified atom stereocenters. The Morgan fingerprint density at radius 1 is 1.27 bits per heavy atom. The second-order valence-electron chi connectivity index (χ2n) is 7.39. The second-order valence-corrected chi connectivity index (χ2v) is 7.39. The molecule has 1 aliphatic heterocycles. The minimum absolute atomic E-state index is 0.223. The third-order valence-corrected chi connectivity index (χ3v) is 5.08. The van der Waals surface area contributed by atoms with E-state index in [4.69, 9.17) is 0 Å². The van der Waals surface area contributed by atoms with Crippen LogP contribution in [0.1, 0.15) is 16.8 Å². The summed E-state index contributed by atoms with van der Waals surface area (Å²) in [6, 6.07) is 8.23. The van der Waals surface area contributed by atoms with Gasteiger partial charge in [0.25, 0.3) is 5.91 Å². The highest BCUT2D eigenvalue weighted by atomic mass is 19.4. The number of nitrogens with zero attached hydrogens (tertiary/aromatic N) is 3. The van der Waals surface area contributed by atoms with Crippen molar-refractivity contribution in [1.82, 2.24) is 15.2 Å². The molecule has 1 aliphatic rings. The predicted molar refractivity (Wildman–Crippen MR) is 115 cm³/mol. The number of aliphatic hydroxyl groups is 1. The lowest BCUT2D eigenvalue weighted by molar-refractivity contribution is -0.274. The summed E-state index contributed by atoms with van der Waals surface area (Å²) in [7, 11) is 1.63. The molecule has 1 saturated heterocycles. The van der Waals surface area contributed by atoms with Gasteiger partial charge in [-0.2, -0.15) is 5.10 Å².